The minimum atomic E-state index is -0.375. The van der Waals surface area contributed by atoms with Crippen LogP contribution < -0.4 is 10.1 Å². The van der Waals surface area contributed by atoms with Crippen LogP contribution in [-0.2, 0) is 11.2 Å². The van der Waals surface area contributed by atoms with E-state index in [1.54, 1.807) is 24.4 Å². The molecule has 132 valence electrons. The summed E-state index contributed by atoms with van der Waals surface area (Å²) in [5, 5.41) is 15.1. The van der Waals surface area contributed by atoms with Crippen molar-refractivity contribution >= 4 is 11.7 Å². The van der Waals surface area contributed by atoms with Crippen molar-refractivity contribution in [2.45, 2.75) is 13.3 Å². The number of benzene rings is 1. The van der Waals surface area contributed by atoms with Gasteiger partial charge < -0.3 is 10.1 Å². The van der Waals surface area contributed by atoms with Gasteiger partial charge in [0, 0.05) is 12.1 Å². The number of amides is 1. The normalized spacial score (nSPS) is 15.8. The van der Waals surface area contributed by atoms with Gasteiger partial charge in [-0.1, -0.05) is 6.07 Å². The van der Waals surface area contributed by atoms with Crippen molar-refractivity contribution < 1.29 is 13.9 Å². The molecule has 0 spiro atoms. The van der Waals surface area contributed by atoms with Crippen LogP contribution in [0.25, 0.3) is 5.82 Å². The van der Waals surface area contributed by atoms with E-state index in [1.165, 1.54) is 16.8 Å². The van der Waals surface area contributed by atoms with Gasteiger partial charge in [-0.2, -0.15) is 14.9 Å². The van der Waals surface area contributed by atoms with Gasteiger partial charge in [0.2, 0.25) is 5.91 Å². The molecule has 4 rings (SSSR count). The van der Waals surface area contributed by atoms with E-state index in [1.807, 2.05) is 13.0 Å². The molecule has 0 radical (unpaired) electrons. The highest BCUT2D eigenvalue weighted by molar-refractivity contribution is 5.92. The van der Waals surface area contributed by atoms with Crippen LogP contribution >= 0.6 is 0 Å². The minimum Gasteiger partial charge on any atom is -0.492 e. The number of anilines is 1. The summed E-state index contributed by atoms with van der Waals surface area (Å²) in [6.45, 7) is 2.04. The number of hydrogen-bond acceptors (Lipinski definition) is 5. The van der Waals surface area contributed by atoms with Crippen molar-refractivity contribution in [2.75, 3.05) is 11.9 Å². The lowest BCUT2D eigenvalue weighted by Gasteiger charge is -2.24. The molecule has 1 aliphatic heterocycles. The summed E-state index contributed by atoms with van der Waals surface area (Å²) >= 11 is 0. The molecular formula is C18H16FN5O2. The largest absolute Gasteiger partial charge is 0.492 e. The third kappa shape index (κ3) is 3.13. The molecular weight excluding hydrogens is 337 g/mol. The summed E-state index contributed by atoms with van der Waals surface area (Å²) in [7, 11) is 0. The first-order valence-electron chi connectivity index (χ1n) is 8.17. The second-order valence-electron chi connectivity index (χ2n) is 6.11. The molecule has 1 aromatic carbocycles. The summed E-state index contributed by atoms with van der Waals surface area (Å²) in [6, 6.07) is 9.64. The fourth-order valence-electron chi connectivity index (χ4n) is 2.83. The molecule has 7 nitrogen and oxygen atoms in total. The standard InChI is InChI=1S/C18H16FN5O2/c1-11-2-5-17(23-22-11)24-16(6-7-20-24)21-18(25)13-8-12-3-4-14(19)9-15(12)26-10-13/h2-7,9,13H,8,10H2,1H3,(H,21,25). The number of rotatable bonds is 3. The Morgan fingerprint density at radius 2 is 2.15 bits per heavy atom. The molecule has 26 heavy (non-hydrogen) atoms. The summed E-state index contributed by atoms with van der Waals surface area (Å²) in [5.74, 6) is 0.584. The van der Waals surface area contributed by atoms with Crippen molar-refractivity contribution in [3.63, 3.8) is 0 Å². The zero-order valence-electron chi connectivity index (χ0n) is 14.0. The SMILES string of the molecule is Cc1ccc(-n2nccc2NC(=O)C2COc3cc(F)ccc3C2)nn1. The lowest BCUT2D eigenvalue weighted by atomic mass is 9.96. The van der Waals surface area contributed by atoms with Crippen molar-refractivity contribution in [3.8, 4) is 11.6 Å². The summed E-state index contributed by atoms with van der Waals surface area (Å²) in [5.41, 5.74) is 1.61. The highest BCUT2D eigenvalue weighted by Gasteiger charge is 2.27. The topological polar surface area (TPSA) is 81.9 Å². The zero-order chi connectivity index (χ0) is 18.1. The fraction of sp³-hybridized carbons (Fsp3) is 0.222. The van der Waals surface area contributed by atoms with Gasteiger partial charge >= 0.3 is 0 Å². The number of carbonyl (C=O) groups is 1. The number of halogens is 1. The number of aromatic nitrogens is 4. The van der Waals surface area contributed by atoms with Crippen LogP contribution in [-0.4, -0.2) is 32.5 Å². The zero-order valence-corrected chi connectivity index (χ0v) is 14.0. The molecule has 3 aromatic rings. The van der Waals surface area contributed by atoms with Gasteiger partial charge in [-0.15, -0.1) is 5.10 Å². The fourth-order valence-corrected chi connectivity index (χ4v) is 2.83. The maximum absolute atomic E-state index is 13.3. The van der Waals surface area contributed by atoms with E-state index in [2.05, 4.69) is 20.6 Å². The van der Waals surface area contributed by atoms with E-state index in [0.717, 1.165) is 11.3 Å². The van der Waals surface area contributed by atoms with Gasteiger partial charge in [-0.05, 0) is 37.1 Å². The Balaban J connectivity index is 1.50. The number of ether oxygens (including phenoxy) is 1. The molecule has 0 aliphatic carbocycles. The highest BCUT2D eigenvalue weighted by atomic mass is 19.1. The summed E-state index contributed by atoms with van der Waals surface area (Å²) in [4.78, 5) is 12.6. The Morgan fingerprint density at radius 3 is 2.96 bits per heavy atom. The van der Waals surface area contributed by atoms with Crippen LogP contribution in [0.4, 0.5) is 10.2 Å². The lowest BCUT2D eigenvalue weighted by Crippen LogP contribution is -2.33. The van der Waals surface area contributed by atoms with Crippen LogP contribution in [0.1, 0.15) is 11.3 Å². The molecule has 1 aliphatic rings. The van der Waals surface area contributed by atoms with E-state index < -0.39 is 0 Å². The summed E-state index contributed by atoms with van der Waals surface area (Å²) < 4.78 is 20.3. The van der Waals surface area contributed by atoms with Crippen LogP contribution in [0.2, 0.25) is 0 Å². The average Bonchev–Trinajstić information content (AvgIpc) is 3.10. The van der Waals surface area contributed by atoms with Gasteiger partial charge in [-0.25, -0.2) is 4.39 Å². The van der Waals surface area contributed by atoms with Gasteiger partial charge in [0.05, 0.1) is 17.8 Å². The first-order valence-corrected chi connectivity index (χ1v) is 8.17. The van der Waals surface area contributed by atoms with Crippen LogP contribution in [0.3, 0.4) is 0 Å². The minimum absolute atomic E-state index is 0.193. The Kier molecular flexibility index (Phi) is 4.08. The smallest absolute Gasteiger partial charge is 0.232 e. The second kappa shape index (κ2) is 6.55. The maximum atomic E-state index is 13.3. The van der Waals surface area contributed by atoms with E-state index in [9.17, 15) is 9.18 Å². The molecule has 1 N–H and O–H groups in total. The van der Waals surface area contributed by atoms with Gasteiger partial charge in [-0.3, -0.25) is 4.79 Å². The molecule has 1 atom stereocenters. The Hall–Kier alpha value is -3.29. The molecule has 1 unspecified atom stereocenters. The summed E-state index contributed by atoms with van der Waals surface area (Å²) in [6.07, 6.45) is 2.06. The predicted octanol–water partition coefficient (Wildman–Crippen LogP) is 2.30. The van der Waals surface area contributed by atoms with Crippen LogP contribution in [0.15, 0.2) is 42.6 Å². The number of fused-ring (bicyclic) bond motifs is 1. The second-order valence-corrected chi connectivity index (χ2v) is 6.11. The molecule has 0 bridgehead atoms. The lowest BCUT2D eigenvalue weighted by molar-refractivity contribution is -0.121. The molecule has 8 heteroatoms. The first kappa shape index (κ1) is 16.2. The molecule has 0 saturated carbocycles. The van der Waals surface area contributed by atoms with E-state index in [0.29, 0.717) is 23.8 Å². The number of nitrogens with one attached hydrogen (secondary N) is 1. The number of hydrogen-bond donors (Lipinski definition) is 1. The molecule has 0 saturated heterocycles. The molecule has 1 amide bonds. The Labute approximate surface area is 148 Å². The molecule has 2 aromatic heterocycles. The Morgan fingerprint density at radius 1 is 1.27 bits per heavy atom. The Bertz CT molecular complexity index is 954. The maximum Gasteiger partial charge on any atom is 0.232 e. The van der Waals surface area contributed by atoms with Gasteiger partial charge in [0.15, 0.2) is 5.82 Å². The molecule has 0 fully saturated rings. The monoisotopic (exact) mass is 353 g/mol. The predicted molar refractivity (Wildman–Crippen MR) is 91.6 cm³/mol. The van der Waals surface area contributed by atoms with E-state index in [-0.39, 0.29) is 24.2 Å². The third-order valence-electron chi connectivity index (χ3n) is 4.20. The van der Waals surface area contributed by atoms with Crippen molar-refractivity contribution in [1.29, 1.82) is 0 Å². The van der Waals surface area contributed by atoms with Crippen molar-refractivity contribution in [1.82, 2.24) is 20.0 Å². The highest BCUT2D eigenvalue weighted by Crippen LogP contribution is 2.28. The molecule has 3 heterocycles. The third-order valence-corrected chi connectivity index (χ3v) is 4.20. The van der Waals surface area contributed by atoms with Crippen LogP contribution in [0.5, 0.6) is 5.75 Å². The van der Waals surface area contributed by atoms with Crippen molar-refractivity contribution in [3.05, 3.63) is 59.7 Å². The first-order chi connectivity index (χ1) is 12.6. The van der Waals surface area contributed by atoms with Crippen LogP contribution in [0, 0.1) is 18.7 Å². The number of carbonyl (C=O) groups excluding carboxylic acids is 1. The van der Waals surface area contributed by atoms with Gasteiger partial charge in [0.25, 0.3) is 0 Å². The van der Waals surface area contributed by atoms with Crippen molar-refractivity contribution in [2.24, 2.45) is 5.92 Å². The number of nitrogens with zero attached hydrogens (tertiary/aromatic N) is 4. The van der Waals surface area contributed by atoms with Gasteiger partial charge in [0.1, 0.15) is 24.0 Å². The number of aryl methyl sites for hydroxylation is 1. The van der Waals surface area contributed by atoms with E-state index >= 15 is 0 Å². The average molecular weight is 353 g/mol. The quantitative estimate of drug-likeness (QED) is 0.781. The van der Waals surface area contributed by atoms with E-state index in [4.69, 9.17) is 4.74 Å².